The molecule has 0 spiro atoms. The minimum absolute atomic E-state index is 0.0691. The maximum Gasteiger partial charge on any atom is 0.289 e. The Morgan fingerprint density at radius 3 is 1.31 bits per heavy atom. The van der Waals surface area contributed by atoms with Crippen molar-refractivity contribution in [3.63, 3.8) is 0 Å². The number of benzene rings is 3. The molecule has 54 heavy (non-hydrogen) atoms. The van der Waals surface area contributed by atoms with E-state index in [1.807, 2.05) is 0 Å². The van der Waals surface area contributed by atoms with Gasteiger partial charge in [0.15, 0.2) is 9.79 Å². The summed E-state index contributed by atoms with van der Waals surface area (Å²) in [7, 11) is -6.35. The van der Waals surface area contributed by atoms with Crippen LogP contribution in [0.15, 0.2) is 82.6 Å². The van der Waals surface area contributed by atoms with Gasteiger partial charge < -0.3 is 28.4 Å². The summed E-state index contributed by atoms with van der Waals surface area (Å²) in [4.78, 5) is 21.0. The van der Waals surface area contributed by atoms with Gasteiger partial charge in [-0.15, -0.1) is 0 Å². The van der Waals surface area contributed by atoms with Crippen LogP contribution >= 0.6 is 0 Å². The molecule has 0 saturated carbocycles. The summed E-state index contributed by atoms with van der Waals surface area (Å²) in [5.41, 5.74) is -1.48. The van der Waals surface area contributed by atoms with E-state index in [0.717, 1.165) is 32.9 Å². The van der Waals surface area contributed by atoms with Crippen molar-refractivity contribution in [2.75, 3.05) is 88.8 Å². The first-order chi connectivity index (χ1) is 25.7. The third-order valence-electron chi connectivity index (χ3n) is 7.64. The van der Waals surface area contributed by atoms with Crippen LogP contribution < -0.4 is 8.61 Å². The molecule has 20 heteroatoms. The van der Waals surface area contributed by atoms with Crippen molar-refractivity contribution >= 4 is 42.8 Å². The van der Waals surface area contributed by atoms with E-state index in [4.69, 9.17) is 28.4 Å². The Balaban J connectivity index is 2.10. The smallest absolute Gasteiger partial charge is 0.289 e. The topological polar surface area (TPSA) is 216 Å². The highest BCUT2D eigenvalue weighted by molar-refractivity contribution is 7.93. The minimum atomic E-state index is -4.70. The molecule has 0 aliphatic carbocycles. The molecule has 3 rings (SSSR count). The van der Waals surface area contributed by atoms with E-state index in [9.17, 15) is 37.1 Å². The Morgan fingerprint density at radius 2 is 0.944 bits per heavy atom. The zero-order valence-corrected chi connectivity index (χ0v) is 32.1. The van der Waals surface area contributed by atoms with Gasteiger partial charge in [0.1, 0.15) is 0 Å². The fourth-order valence-corrected chi connectivity index (χ4v) is 8.44. The van der Waals surface area contributed by atoms with Crippen molar-refractivity contribution in [3.05, 3.63) is 93.0 Å². The first-order valence-corrected chi connectivity index (χ1v) is 19.6. The lowest BCUT2D eigenvalue weighted by Crippen LogP contribution is -2.40. The highest BCUT2D eigenvalue weighted by atomic mass is 32.2. The lowest BCUT2D eigenvalue weighted by molar-refractivity contribution is -0.388. The number of rotatable bonds is 26. The maximum atomic E-state index is 14.3. The Hall–Kier alpha value is -4.28. The number of hydrogen-bond acceptors (Lipinski definition) is 14. The number of methoxy groups -OCH3 is 2. The summed E-state index contributed by atoms with van der Waals surface area (Å²) >= 11 is 0. The Kier molecular flexibility index (Phi) is 17.6. The van der Waals surface area contributed by atoms with Crippen molar-refractivity contribution in [1.29, 1.82) is 0 Å². The number of anilines is 2. The van der Waals surface area contributed by atoms with Crippen LogP contribution in [-0.4, -0.2) is 119 Å². The highest BCUT2D eigenvalue weighted by Gasteiger charge is 2.36. The van der Waals surface area contributed by atoms with E-state index in [1.165, 1.54) is 62.8 Å². The normalized spacial score (nSPS) is 13.0. The Bertz CT molecular complexity index is 1750. The van der Waals surface area contributed by atoms with Gasteiger partial charge in [-0.2, -0.15) is 0 Å². The van der Waals surface area contributed by atoms with Gasteiger partial charge in [0.05, 0.1) is 99.4 Å². The van der Waals surface area contributed by atoms with Crippen LogP contribution in [0.3, 0.4) is 0 Å². The third kappa shape index (κ3) is 12.4. The van der Waals surface area contributed by atoms with Gasteiger partial charge in [-0.05, 0) is 44.2 Å². The lowest BCUT2D eigenvalue weighted by Gasteiger charge is -2.30. The predicted octanol–water partition coefficient (Wildman–Crippen LogP) is 4.03. The molecular weight excluding hydrogens is 753 g/mol. The van der Waals surface area contributed by atoms with E-state index >= 15 is 0 Å². The molecule has 0 N–H and O–H groups in total. The van der Waals surface area contributed by atoms with Gasteiger partial charge >= 0.3 is 0 Å². The number of para-hydroxylation sites is 2. The number of nitrogens with zero attached hydrogens (tertiary/aromatic N) is 4. The predicted molar refractivity (Wildman–Crippen MR) is 198 cm³/mol. The van der Waals surface area contributed by atoms with E-state index in [1.54, 1.807) is 13.8 Å². The second-order valence-corrected chi connectivity index (χ2v) is 15.3. The summed E-state index contributed by atoms with van der Waals surface area (Å²) in [6.07, 6.45) is -1.58. The average Bonchev–Trinajstić information content (AvgIpc) is 3.15. The van der Waals surface area contributed by atoms with Crippen molar-refractivity contribution in [1.82, 2.24) is 0 Å². The monoisotopic (exact) mass is 798 g/mol. The molecule has 0 heterocycles. The molecular formula is C34H46N4O14S2. The van der Waals surface area contributed by atoms with E-state index in [0.29, 0.717) is 26.4 Å². The molecule has 298 valence electrons. The van der Waals surface area contributed by atoms with Crippen LogP contribution in [0.2, 0.25) is 0 Å². The zero-order chi connectivity index (χ0) is 39.7. The first-order valence-electron chi connectivity index (χ1n) is 16.7. The molecule has 0 amide bonds. The maximum absolute atomic E-state index is 14.3. The average molecular weight is 799 g/mol. The minimum Gasteiger partial charge on any atom is -0.382 e. The Morgan fingerprint density at radius 1 is 0.574 bits per heavy atom. The molecule has 0 aromatic heterocycles. The third-order valence-corrected chi connectivity index (χ3v) is 11.3. The van der Waals surface area contributed by atoms with E-state index in [-0.39, 0.29) is 50.9 Å². The van der Waals surface area contributed by atoms with Gasteiger partial charge in [-0.3, -0.25) is 28.8 Å². The molecule has 0 radical (unpaired) electrons. The largest absolute Gasteiger partial charge is 0.382 e. The number of nitro benzene ring substituents is 2. The second kappa shape index (κ2) is 21.6. The molecule has 3 aromatic carbocycles. The van der Waals surface area contributed by atoms with Gasteiger partial charge in [0.2, 0.25) is 0 Å². The van der Waals surface area contributed by atoms with Crippen molar-refractivity contribution in [3.8, 4) is 0 Å². The summed E-state index contributed by atoms with van der Waals surface area (Å²) < 4.78 is 91.5. The van der Waals surface area contributed by atoms with E-state index < -0.39 is 63.3 Å². The van der Waals surface area contributed by atoms with Crippen LogP contribution in [0.4, 0.5) is 22.7 Å². The molecule has 0 bridgehead atoms. The van der Waals surface area contributed by atoms with Crippen LogP contribution in [0.1, 0.15) is 13.8 Å². The van der Waals surface area contributed by atoms with Gasteiger partial charge in [-0.1, -0.05) is 30.3 Å². The lowest BCUT2D eigenvalue weighted by atomic mass is 10.2. The molecule has 0 aliphatic rings. The van der Waals surface area contributed by atoms with Gasteiger partial charge in [0, 0.05) is 26.4 Å². The summed E-state index contributed by atoms with van der Waals surface area (Å²) in [6.45, 7) is 4.39. The van der Waals surface area contributed by atoms with Crippen LogP contribution in [0, 0.1) is 20.2 Å². The second-order valence-electron chi connectivity index (χ2n) is 11.6. The summed E-state index contributed by atoms with van der Waals surface area (Å²) in [5, 5.41) is 23.9. The van der Waals surface area contributed by atoms with E-state index in [2.05, 4.69) is 0 Å². The van der Waals surface area contributed by atoms with Crippen molar-refractivity contribution in [2.45, 2.75) is 35.8 Å². The molecule has 3 aromatic rings. The molecule has 0 aliphatic heterocycles. The van der Waals surface area contributed by atoms with Gasteiger partial charge in [0.25, 0.3) is 31.4 Å². The molecule has 0 fully saturated rings. The summed E-state index contributed by atoms with van der Waals surface area (Å²) in [5.74, 6) is 0. The van der Waals surface area contributed by atoms with Crippen molar-refractivity contribution < 1.29 is 55.1 Å². The molecule has 0 unspecified atom stereocenters. The fraction of sp³-hybridized carbons (Fsp3) is 0.471. The van der Waals surface area contributed by atoms with Gasteiger partial charge in [-0.25, -0.2) is 16.8 Å². The molecule has 18 nitrogen and oxygen atoms in total. The standard InChI is InChI=1S/C34H46N4O14S2/c1-27(51-22-20-49-18-16-47-3)25-35(53(43,44)33-14-7-5-12-31(33)37(39)40)29-10-9-11-30(24-29)36(26-28(2)52-23-21-50-19-17-48-4)54(45,46)34-15-8-6-13-32(34)38(41)42/h5-15,24,27-28H,16-23,25-26H2,1-4H3/t27-,28-/m1/s1. The van der Waals surface area contributed by atoms with Crippen LogP contribution in [0.25, 0.3) is 0 Å². The van der Waals surface area contributed by atoms with Crippen LogP contribution in [-0.2, 0) is 48.5 Å². The van der Waals surface area contributed by atoms with Crippen LogP contribution in [0.5, 0.6) is 0 Å². The number of ether oxygens (including phenoxy) is 6. The SMILES string of the molecule is COCCOCCO[C@H](C)CN(c1cccc(N(C[C@@H](C)OCCOCCOC)S(=O)(=O)c2ccccc2[N+](=O)[O-])c1)S(=O)(=O)c1ccccc1[N+](=O)[O-]. The first kappa shape index (κ1) is 44.1. The highest BCUT2D eigenvalue weighted by Crippen LogP contribution is 2.35. The number of hydrogen-bond donors (Lipinski definition) is 0. The zero-order valence-electron chi connectivity index (χ0n) is 30.5. The van der Waals surface area contributed by atoms with Crippen molar-refractivity contribution in [2.24, 2.45) is 0 Å². The molecule has 2 atom stereocenters. The molecule has 0 saturated heterocycles. The number of nitro groups is 2. The quantitative estimate of drug-likeness (QED) is 0.0637. The summed E-state index contributed by atoms with van der Waals surface area (Å²) in [6, 6.07) is 15.1. The fourth-order valence-electron chi connectivity index (χ4n) is 5.06. The Labute approximate surface area is 314 Å². The number of sulfonamides is 2.